The van der Waals surface area contributed by atoms with E-state index in [1.807, 2.05) is 13.0 Å². The van der Waals surface area contributed by atoms with Crippen molar-refractivity contribution in [1.29, 1.82) is 0 Å². The largest absolute Gasteiger partial charge is 0.366 e. The molecule has 0 aliphatic rings. The Hall–Kier alpha value is -1.22. The molecule has 0 aliphatic carbocycles. The van der Waals surface area contributed by atoms with E-state index < -0.39 is 6.10 Å². The molecule has 1 heterocycles. The van der Waals surface area contributed by atoms with Gasteiger partial charge in [0.1, 0.15) is 6.10 Å². The number of hydrogen-bond acceptors (Lipinski definition) is 3. The summed E-state index contributed by atoms with van der Waals surface area (Å²) in [7, 11) is 0. The molecule has 0 fully saturated rings. The van der Waals surface area contributed by atoms with Gasteiger partial charge in [-0.15, -0.1) is 0 Å². The van der Waals surface area contributed by atoms with Gasteiger partial charge in [0.25, 0.3) is 0 Å². The molecular weight excluding hydrogens is 166 g/mol. The van der Waals surface area contributed by atoms with Crippen molar-refractivity contribution in [2.45, 2.75) is 20.0 Å². The van der Waals surface area contributed by atoms with Gasteiger partial charge < -0.3 is 4.74 Å². The molecule has 0 amide bonds. The lowest BCUT2D eigenvalue weighted by Gasteiger charge is -2.12. The molecule has 1 unspecified atom stereocenters. The zero-order chi connectivity index (χ0) is 9.68. The number of carbonyl (C=O) groups excluding carboxylic acids is 1. The van der Waals surface area contributed by atoms with E-state index in [1.54, 1.807) is 18.5 Å². The van der Waals surface area contributed by atoms with Gasteiger partial charge in [-0.1, -0.05) is 6.07 Å². The van der Waals surface area contributed by atoms with Gasteiger partial charge >= 0.3 is 0 Å². The SMILES string of the molecule is CCOC(C(C)=O)c1cccnc1. The fourth-order valence-electron chi connectivity index (χ4n) is 1.15. The number of ether oxygens (including phenoxy) is 1. The number of rotatable bonds is 4. The summed E-state index contributed by atoms with van der Waals surface area (Å²) in [6.45, 7) is 3.92. The summed E-state index contributed by atoms with van der Waals surface area (Å²) in [5, 5.41) is 0. The number of hydrogen-bond donors (Lipinski definition) is 0. The summed E-state index contributed by atoms with van der Waals surface area (Å²) >= 11 is 0. The van der Waals surface area contributed by atoms with Crippen LogP contribution >= 0.6 is 0 Å². The van der Waals surface area contributed by atoms with Crippen molar-refractivity contribution in [3.63, 3.8) is 0 Å². The van der Waals surface area contributed by atoms with Crippen LogP contribution in [0.5, 0.6) is 0 Å². The van der Waals surface area contributed by atoms with Gasteiger partial charge in [-0.3, -0.25) is 9.78 Å². The lowest BCUT2D eigenvalue weighted by Crippen LogP contribution is -2.12. The summed E-state index contributed by atoms with van der Waals surface area (Å²) in [4.78, 5) is 15.1. The summed E-state index contributed by atoms with van der Waals surface area (Å²) < 4.78 is 5.30. The molecule has 1 rings (SSSR count). The number of ketones is 1. The third-order valence-electron chi connectivity index (χ3n) is 1.69. The van der Waals surface area contributed by atoms with Crippen LogP contribution in [0.2, 0.25) is 0 Å². The zero-order valence-electron chi connectivity index (χ0n) is 7.86. The molecule has 0 radical (unpaired) electrons. The van der Waals surface area contributed by atoms with Crippen LogP contribution < -0.4 is 0 Å². The molecule has 0 saturated heterocycles. The Morgan fingerprint density at radius 2 is 2.46 bits per heavy atom. The van der Waals surface area contributed by atoms with Crippen molar-refractivity contribution in [1.82, 2.24) is 4.98 Å². The zero-order valence-corrected chi connectivity index (χ0v) is 7.86. The highest BCUT2D eigenvalue weighted by Gasteiger charge is 2.15. The molecule has 1 aromatic heterocycles. The maximum Gasteiger partial charge on any atom is 0.163 e. The predicted molar refractivity (Wildman–Crippen MR) is 49.3 cm³/mol. The summed E-state index contributed by atoms with van der Waals surface area (Å²) in [5.41, 5.74) is 0.817. The van der Waals surface area contributed by atoms with Crippen LogP contribution in [0.15, 0.2) is 24.5 Å². The van der Waals surface area contributed by atoms with Crippen LogP contribution in [0, 0.1) is 0 Å². The second-order valence-corrected chi connectivity index (χ2v) is 2.73. The lowest BCUT2D eigenvalue weighted by atomic mass is 10.1. The number of carbonyl (C=O) groups is 1. The van der Waals surface area contributed by atoms with Gasteiger partial charge in [0.05, 0.1) is 0 Å². The summed E-state index contributed by atoms with van der Waals surface area (Å²) in [6, 6.07) is 3.64. The number of Topliss-reactive ketones (excluding diaryl/α,β-unsaturated/α-hetero) is 1. The molecule has 0 spiro atoms. The van der Waals surface area contributed by atoms with Crippen molar-refractivity contribution in [3.8, 4) is 0 Å². The van der Waals surface area contributed by atoms with Crippen molar-refractivity contribution in [2.24, 2.45) is 0 Å². The number of aromatic nitrogens is 1. The average molecular weight is 179 g/mol. The molecule has 3 nitrogen and oxygen atoms in total. The molecule has 3 heteroatoms. The average Bonchev–Trinajstić information content (AvgIpc) is 2.15. The van der Waals surface area contributed by atoms with Crippen LogP contribution in [0.4, 0.5) is 0 Å². The van der Waals surface area contributed by atoms with E-state index in [2.05, 4.69) is 4.98 Å². The van der Waals surface area contributed by atoms with E-state index in [9.17, 15) is 4.79 Å². The highest BCUT2D eigenvalue weighted by Crippen LogP contribution is 2.16. The topological polar surface area (TPSA) is 39.2 Å². The Labute approximate surface area is 77.8 Å². The molecule has 0 aromatic carbocycles. The third-order valence-corrected chi connectivity index (χ3v) is 1.69. The Balaban J connectivity index is 2.82. The van der Waals surface area contributed by atoms with Crippen LogP contribution in [-0.2, 0) is 9.53 Å². The Morgan fingerprint density at radius 3 is 2.92 bits per heavy atom. The van der Waals surface area contributed by atoms with E-state index in [4.69, 9.17) is 4.74 Å². The third kappa shape index (κ3) is 2.63. The van der Waals surface area contributed by atoms with Crippen molar-refractivity contribution in [2.75, 3.05) is 6.61 Å². The Kier molecular flexibility index (Phi) is 3.58. The molecule has 70 valence electrons. The molecule has 1 atom stereocenters. The summed E-state index contributed by atoms with van der Waals surface area (Å²) in [6.07, 6.45) is 2.87. The van der Waals surface area contributed by atoms with E-state index in [0.29, 0.717) is 6.61 Å². The molecule has 13 heavy (non-hydrogen) atoms. The Bertz CT molecular complexity index is 272. The van der Waals surface area contributed by atoms with E-state index in [0.717, 1.165) is 5.56 Å². The standard InChI is InChI=1S/C10H13NO2/c1-3-13-10(8(2)12)9-5-4-6-11-7-9/h4-7,10H,3H2,1-2H3. The molecule has 0 saturated carbocycles. The number of nitrogens with zero attached hydrogens (tertiary/aromatic N) is 1. The molecule has 0 N–H and O–H groups in total. The fourth-order valence-corrected chi connectivity index (χ4v) is 1.15. The first-order chi connectivity index (χ1) is 6.25. The first kappa shape index (κ1) is 9.86. The highest BCUT2D eigenvalue weighted by atomic mass is 16.5. The molecule has 0 aliphatic heterocycles. The van der Waals surface area contributed by atoms with Crippen molar-refractivity contribution < 1.29 is 9.53 Å². The second kappa shape index (κ2) is 4.72. The van der Waals surface area contributed by atoms with Gasteiger partial charge in [0.2, 0.25) is 0 Å². The first-order valence-electron chi connectivity index (χ1n) is 4.27. The van der Waals surface area contributed by atoms with Crippen LogP contribution in [0.3, 0.4) is 0 Å². The Morgan fingerprint density at radius 1 is 1.69 bits per heavy atom. The van der Waals surface area contributed by atoms with Gasteiger partial charge in [0.15, 0.2) is 5.78 Å². The minimum Gasteiger partial charge on any atom is -0.366 e. The van der Waals surface area contributed by atoms with Gasteiger partial charge in [-0.05, 0) is 19.9 Å². The minimum atomic E-state index is -0.460. The summed E-state index contributed by atoms with van der Waals surface area (Å²) in [5.74, 6) is 0.00912. The van der Waals surface area contributed by atoms with Crippen LogP contribution in [0.25, 0.3) is 0 Å². The number of pyridine rings is 1. The minimum absolute atomic E-state index is 0.00912. The molecular formula is C10H13NO2. The molecule has 1 aromatic rings. The fraction of sp³-hybridized carbons (Fsp3) is 0.400. The quantitative estimate of drug-likeness (QED) is 0.706. The van der Waals surface area contributed by atoms with E-state index in [1.165, 1.54) is 6.92 Å². The highest BCUT2D eigenvalue weighted by molar-refractivity contribution is 5.81. The van der Waals surface area contributed by atoms with Crippen molar-refractivity contribution >= 4 is 5.78 Å². The van der Waals surface area contributed by atoms with Gasteiger partial charge in [0, 0.05) is 24.6 Å². The first-order valence-corrected chi connectivity index (χ1v) is 4.27. The van der Waals surface area contributed by atoms with Gasteiger partial charge in [-0.25, -0.2) is 0 Å². The maximum absolute atomic E-state index is 11.2. The monoisotopic (exact) mass is 179 g/mol. The second-order valence-electron chi connectivity index (χ2n) is 2.73. The maximum atomic E-state index is 11.2. The van der Waals surface area contributed by atoms with Crippen LogP contribution in [-0.4, -0.2) is 17.4 Å². The van der Waals surface area contributed by atoms with Crippen molar-refractivity contribution in [3.05, 3.63) is 30.1 Å². The van der Waals surface area contributed by atoms with E-state index >= 15 is 0 Å². The van der Waals surface area contributed by atoms with E-state index in [-0.39, 0.29) is 5.78 Å². The molecule has 0 bridgehead atoms. The van der Waals surface area contributed by atoms with Crippen LogP contribution in [0.1, 0.15) is 25.5 Å². The smallest absolute Gasteiger partial charge is 0.163 e. The lowest BCUT2D eigenvalue weighted by molar-refractivity contribution is -0.128. The van der Waals surface area contributed by atoms with Gasteiger partial charge in [-0.2, -0.15) is 0 Å². The normalized spacial score (nSPS) is 12.5. The predicted octanol–water partition coefficient (Wildman–Crippen LogP) is 1.75.